The number of carbonyl (C=O) groups excluding carboxylic acids is 1. The van der Waals surface area contributed by atoms with Gasteiger partial charge in [-0.1, -0.05) is 24.8 Å². The molecule has 8 nitrogen and oxygen atoms in total. The Kier molecular flexibility index (Phi) is 6.87. The van der Waals surface area contributed by atoms with Crippen molar-refractivity contribution < 1.29 is 19.4 Å². The van der Waals surface area contributed by atoms with Crippen LogP contribution in [0, 0.1) is 0 Å². The predicted octanol–water partition coefficient (Wildman–Crippen LogP) is 3.81. The molecule has 2 heterocycles. The van der Waals surface area contributed by atoms with Crippen LogP contribution in [-0.4, -0.2) is 40.0 Å². The van der Waals surface area contributed by atoms with Crippen molar-refractivity contribution in [3.8, 4) is 23.1 Å². The normalized spacial score (nSPS) is 16.2. The number of aliphatic hydroxyl groups excluding tert-OH is 1. The number of anilines is 1. The molecule has 8 heteroatoms. The minimum atomic E-state index is -1.24. The van der Waals surface area contributed by atoms with Crippen LogP contribution in [0.4, 0.5) is 5.82 Å². The van der Waals surface area contributed by atoms with Crippen molar-refractivity contribution in [1.29, 1.82) is 0 Å². The lowest BCUT2D eigenvalue weighted by molar-refractivity contribution is -0.125. The van der Waals surface area contributed by atoms with E-state index in [1.54, 1.807) is 41.3 Å². The predicted molar refractivity (Wildman–Crippen MR) is 125 cm³/mol. The minimum absolute atomic E-state index is 0.0531. The number of nitrogens with two attached hydrogens (primary N) is 1. The van der Waals surface area contributed by atoms with Crippen molar-refractivity contribution in [1.82, 2.24) is 9.88 Å². The van der Waals surface area contributed by atoms with Crippen LogP contribution in [0.2, 0.25) is 0 Å². The second-order valence-electron chi connectivity index (χ2n) is 7.64. The fraction of sp³-hybridized carbons (Fsp3) is 0.200. The number of para-hydroxylation sites is 1. The van der Waals surface area contributed by atoms with Gasteiger partial charge in [0.25, 0.3) is 0 Å². The second-order valence-corrected chi connectivity index (χ2v) is 7.64. The first-order valence-corrected chi connectivity index (χ1v) is 10.6. The van der Waals surface area contributed by atoms with Gasteiger partial charge < -0.3 is 30.5 Å². The maximum Gasteiger partial charge on any atom is 0.246 e. The summed E-state index contributed by atoms with van der Waals surface area (Å²) in [6, 6.07) is 20.0. The van der Waals surface area contributed by atoms with E-state index in [-0.39, 0.29) is 17.8 Å². The Morgan fingerprint density at radius 1 is 1.09 bits per heavy atom. The number of aromatic nitrogens is 1. The minimum Gasteiger partial charge on any atom is -0.457 e. The van der Waals surface area contributed by atoms with Crippen LogP contribution in [0.15, 0.2) is 79.4 Å². The highest BCUT2D eigenvalue weighted by atomic mass is 16.5. The largest absolute Gasteiger partial charge is 0.457 e. The molecule has 0 bridgehead atoms. The van der Waals surface area contributed by atoms with E-state index in [1.165, 1.54) is 6.08 Å². The summed E-state index contributed by atoms with van der Waals surface area (Å²) >= 11 is 0. The molecule has 1 saturated heterocycles. The van der Waals surface area contributed by atoms with E-state index < -0.39 is 6.23 Å². The van der Waals surface area contributed by atoms with Gasteiger partial charge in [-0.15, -0.1) is 0 Å². The molecule has 4 N–H and O–H groups in total. The van der Waals surface area contributed by atoms with E-state index in [4.69, 9.17) is 15.2 Å². The zero-order valence-electron chi connectivity index (χ0n) is 18.1. The Bertz CT molecular complexity index is 1100. The van der Waals surface area contributed by atoms with Crippen LogP contribution in [-0.2, 0) is 4.79 Å². The summed E-state index contributed by atoms with van der Waals surface area (Å²) in [7, 11) is 0. The average Bonchev–Trinajstić information content (AvgIpc) is 3.29. The van der Waals surface area contributed by atoms with Gasteiger partial charge in [0.15, 0.2) is 0 Å². The Morgan fingerprint density at radius 2 is 1.76 bits per heavy atom. The fourth-order valence-electron chi connectivity index (χ4n) is 3.57. The Balaban J connectivity index is 1.46. The van der Waals surface area contributed by atoms with E-state index in [0.717, 1.165) is 12.2 Å². The summed E-state index contributed by atoms with van der Waals surface area (Å²) in [4.78, 5) is 18.0. The Labute approximate surface area is 192 Å². The number of ether oxygens (including phenoxy) is 2. The van der Waals surface area contributed by atoms with Gasteiger partial charge in [0.2, 0.25) is 11.8 Å². The van der Waals surface area contributed by atoms with E-state index in [1.807, 2.05) is 30.3 Å². The van der Waals surface area contributed by atoms with Gasteiger partial charge in [0, 0.05) is 19.1 Å². The molecule has 1 aromatic heterocycles. The van der Waals surface area contributed by atoms with Gasteiger partial charge in [0.05, 0.1) is 5.56 Å². The highest BCUT2D eigenvalue weighted by Gasteiger charge is 2.25. The molecule has 3 aromatic rings. The van der Waals surface area contributed by atoms with E-state index in [9.17, 15) is 9.90 Å². The first kappa shape index (κ1) is 22.3. The quantitative estimate of drug-likeness (QED) is 0.356. The van der Waals surface area contributed by atoms with Gasteiger partial charge in [-0.3, -0.25) is 4.79 Å². The zero-order valence-corrected chi connectivity index (χ0v) is 18.1. The van der Waals surface area contributed by atoms with Crippen LogP contribution in [0.5, 0.6) is 23.1 Å². The molecule has 0 spiro atoms. The number of nitrogens with zero attached hydrogens (tertiary/aromatic N) is 2. The third kappa shape index (κ3) is 5.68. The van der Waals surface area contributed by atoms with Crippen LogP contribution in [0.25, 0.3) is 0 Å². The number of benzene rings is 2. The summed E-state index contributed by atoms with van der Waals surface area (Å²) in [5, 5.41) is 13.3. The molecule has 1 unspecified atom stereocenters. The number of hydrogen-bond acceptors (Lipinski definition) is 7. The van der Waals surface area contributed by atoms with Crippen LogP contribution < -0.4 is 20.5 Å². The highest BCUT2D eigenvalue weighted by molar-refractivity contribution is 5.87. The molecule has 2 aromatic carbocycles. The lowest BCUT2D eigenvalue weighted by Gasteiger charge is -2.18. The number of aliphatic hydroxyl groups is 1. The number of nitrogens with one attached hydrogen (secondary N) is 1. The van der Waals surface area contributed by atoms with Crippen molar-refractivity contribution in [3.05, 3.63) is 84.9 Å². The van der Waals surface area contributed by atoms with Gasteiger partial charge >= 0.3 is 0 Å². The smallest absolute Gasteiger partial charge is 0.246 e. The van der Waals surface area contributed by atoms with Crippen molar-refractivity contribution in [3.63, 3.8) is 0 Å². The number of rotatable bonds is 8. The first-order valence-electron chi connectivity index (χ1n) is 10.6. The molecule has 170 valence electrons. The van der Waals surface area contributed by atoms with Crippen LogP contribution in [0.3, 0.4) is 0 Å². The molecule has 1 amide bonds. The van der Waals surface area contributed by atoms with Gasteiger partial charge in [-0.05, 0) is 61.0 Å². The standard InChI is InChI=1S/C25H26N4O4/c1-2-23(30)29-15-14-17(16-29)27-22-13-12-21(24(26)31)25(28-22)33-20-10-8-19(9-11-20)32-18-6-4-3-5-7-18/h2-13,17,24,31H,1,14-16,26H2,(H,27,28)/t17-,24?/m1/s1. The summed E-state index contributed by atoms with van der Waals surface area (Å²) in [6.07, 6.45) is 0.872. The van der Waals surface area contributed by atoms with Gasteiger partial charge in [0.1, 0.15) is 29.3 Å². The number of likely N-dealkylation sites (tertiary alicyclic amines) is 1. The molecule has 1 fully saturated rings. The van der Waals surface area contributed by atoms with Crippen molar-refractivity contribution >= 4 is 11.7 Å². The van der Waals surface area contributed by atoms with E-state index >= 15 is 0 Å². The summed E-state index contributed by atoms with van der Waals surface area (Å²) in [5.41, 5.74) is 6.06. The molecule has 33 heavy (non-hydrogen) atoms. The molecular weight excluding hydrogens is 420 g/mol. The SMILES string of the molecule is C=CC(=O)N1CC[C@@H](Nc2ccc(C(N)O)c(Oc3ccc(Oc4ccccc4)cc3)n2)C1. The zero-order chi connectivity index (χ0) is 23.2. The third-order valence-electron chi connectivity index (χ3n) is 5.25. The molecule has 1 aliphatic heterocycles. The lowest BCUT2D eigenvalue weighted by Crippen LogP contribution is -2.30. The first-order chi connectivity index (χ1) is 16.0. The fourth-order valence-corrected chi connectivity index (χ4v) is 3.57. The monoisotopic (exact) mass is 446 g/mol. The highest BCUT2D eigenvalue weighted by Crippen LogP contribution is 2.30. The maximum atomic E-state index is 11.8. The van der Waals surface area contributed by atoms with E-state index in [0.29, 0.717) is 36.0 Å². The molecule has 0 radical (unpaired) electrons. The Hall–Kier alpha value is -3.88. The summed E-state index contributed by atoms with van der Waals surface area (Å²) in [6.45, 7) is 4.75. The van der Waals surface area contributed by atoms with Gasteiger partial charge in [-0.2, -0.15) is 4.98 Å². The molecule has 2 atom stereocenters. The average molecular weight is 447 g/mol. The van der Waals surface area contributed by atoms with Crippen molar-refractivity contribution in [2.75, 3.05) is 18.4 Å². The third-order valence-corrected chi connectivity index (χ3v) is 5.25. The van der Waals surface area contributed by atoms with Gasteiger partial charge in [-0.25, -0.2) is 0 Å². The molecular formula is C25H26N4O4. The number of carbonyl (C=O) groups is 1. The molecule has 4 rings (SSSR count). The molecule has 1 aliphatic rings. The molecule has 0 aliphatic carbocycles. The number of hydrogen-bond donors (Lipinski definition) is 3. The topological polar surface area (TPSA) is 110 Å². The second kappa shape index (κ2) is 10.2. The van der Waals surface area contributed by atoms with Crippen molar-refractivity contribution in [2.24, 2.45) is 5.73 Å². The summed E-state index contributed by atoms with van der Waals surface area (Å²) in [5.74, 6) is 2.60. The number of pyridine rings is 1. The lowest BCUT2D eigenvalue weighted by atomic mass is 10.2. The summed E-state index contributed by atoms with van der Waals surface area (Å²) < 4.78 is 11.7. The van der Waals surface area contributed by atoms with Crippen LogP contribution >= 0.6 is 0 Å². The van der Waals surface area contributed by atoms with Crippen molar-refractivity contribution in [2.45, 2.75) is 18.7 Å². The Morgan fingerprint density at radius 3 is 2.42 bits per heavy atom. The maximum absolute atomic E-state index is 11.8. The van der Waals surface area contributed by atoms with Crippen LogP contribution in [0.1, 0.15) is 18.2 Å². The molecule has 0 saturated carbocycles. The van der Waals surface area contributed by atoms with E-state index in [2.05, 4.69) is 16.9 Å². The number of amides is 1.